The van der Waals surface area contributed by atoms with Crippen molar-refractivity contribution in [2.45, 2.75) is 20.0 Å². The van der Waals surface area contributed by atoms with E-state index < -0.39 is 11.9 Å². The predicted octanol–water partition coefficient (Wildman–Crippen LogP) is 0.0297. The maximum absolute atomic E-state index is 10.9. The van der Waals surface area contributed by atoms with Gasteiger partial charge in [-0.25, -0.2) is 9.59 Å². The summed E-state index contributed by atoms with van der Waals surface area (Å²) in [6, 6.07) is 0. The minimum Gasteiger partial charge on any atom is -0.460 e. The highest BCUT2D eigenvalue weighted by atomic mass is 16.5. The third kappa shape index (κ3) is 7.30. The lowest BCUT2D eigenvalue weighted by molar-refractivity contribution is -0.143. The highest BCUT2D eigenvalue weighted by molar-refractivity contribution is 5.91. The average molecular weight is 202 g/mol. The molecule has 0 aromatic rings. The average Bonchev–Trinajstić information content (AvgIpc) is 2.10. The van der Waals surface area contributed by atoms with Crippen molar-refractivity contribution in [2.75, 3.05) is 13.2 Å². The van der Waals surface area contributed by atoms with Gasteiger partial charge in [-0.05, 0) is 13.8 Å². The van der Waals surface area contributed by atoms with Gasteiger partial charge in [-0.2, -0.15) is 0 Å². The highest BCUT2D eigenvalue weighted by Crippen LogP contribution is 1.91. The van der Waals surface area contributed by atoms with Gasteiger partial charge in [0.25, 0.3) is 0 Å². The lowest BCUT2D eigenvalue weighted by atomic mass is 10.4. The summed E-state index contributed by atoms with van der Waals surface area (Å²) in [5.41, 5.74) is 0. The Morgan fingerprint density at radius 2 is 1.86 bits per heavy atom. The topological polar surface area (TPSA) is 72.8 Å². The van der Waals surface area contributed by atoms with Crippen LogP contribution in [0, 0.1) is 0 Å². The molecule has 0 saturated carbocycles. The summed E-state index contributed by atoms with van der Waals surface area (Å²) < 4.78 is 9.19. The molecule has 0 heterocycles. The van der Waals surface area contributed by atoms with E-state index in [0.717, 1.165) is 12.2 Å². The molecule has 0 bridgehead atoms. The van der Waals surface area contributed by atoms with Gasteiger partial charge in [0.05, 0.1) is 12.7 Å². The first kappa shape index (κ1) is 12.6. The molecule has 0 spiro atoms. The van der Waals surface area contributed by atoms with E-state index >= 15 is 0 Å². The standard InChI is InChI=1S/C9H14O5/c1-7(2)14-9(12)4-3-8(11)13-6-5-10/h3-4,7,10H,5-6H2,1-2H3/b4-3+. The van der Waals surface area contributed by atoms with Crippen molar-refractivity contribution >= 4 is 11.9 Å². The summed E-state index contributed by atoms with van der Waals surface area (Å²) in [5.74, 6) is -1.28. The molecule has 80 valence electrons. The largest absolute Gasteiger partial charge is 0.460 e. The third-order valence-corrected chi connectivity index (χ3v) is 1.04. The van der Waals surface area contributed by atoms with Gasteiger partial charge >= 0.3 is 11.9 Å². The Kier molecular flexibility index (Phi) is 6.39. The van der Waals surface area contributed by atoms with Gasteiger partial charge in [-0.15, -0.1) is 0 Å². The molecular weight excluding hydrogens is 188 g/mol. The van der Waals surface area contributed by atoms with Gasteiger partial charge < -0.3 is 14.6 Å². The number of carbonyl (C=O) groups is 2. The van der Waals surface area contributed by atoms with E-state index in [1.807, 2.05) is 0 Å². The maximum Gasteiger partial charge on any atom is 0.331 e. The molecular formula is C9H14O5. The number of aliphatic hydroxyl groups is 1. The fourth-order valence-electron chi connectivity index (χ4n) is 0.602. The van der Waals surface area contributed by atoms with Crippen LogP contribution in [0.5, 0.6) is 0 Å². The number of hydrogen-bond donors (Lipinski definition) is 1. The molecule has 0 unspecified atom stereocenters. The molecule has 0 fully saturated rings. The quantitative estimate of drug-likeness (QED) is 0.503. The van der Waals surface area contributed by atoms with E-state index in [1.54, 1.807) is 13.8 Å². The molecule has 1 N–H and O–H groups in total. The van der Waals surface area contributed by atoms with E-state index in [2.05, 4.69) is 4.74 Å². The Morgan fingerprint density at radius 1 is 1.29 bits per heavy atom. The highest BCUT2D eigenvalue weighted by Gasteiger charge is 2.02. The van der Waals surface area contributed by atoms with E-state index in [-0.39, 0.29) is 19.3 Å². The third-order valence-electron chi connectivity index (χ3n) is 1.04. The van der Waals surface area contributed by atoms with Gasteiger partial charge in [-0.3, -0.25) is 0 Å². The predicted molar refractivity (Wildman–Crippen MR) is 48.4 cm³/mol. The summed E-state index contributed by atoms with van der Waals surface area (Å²) >= 11 is 0. The number of aliphatic hydroxyl groups excluding tert-OH is 1. The van der Waals surface area contributed by atoms with Gasteiger partial charge in [0.2, 0.25) is 0 Å². The summed E-state index contributed by atoms with van der Waals surface area (Å²) in [7, 11) is 0. The second-order valence-electron chi connectivity index (χ2n) is 2.71. The van der Waals surface area contributed by atoms with E-state index in [0.29, 0.717) is 0 Å². The minimum absolute atomic E-state index is 0.0810. The zero-order valence-electron chi connectivity index (χ0n) is 8.23. The smallest absolute Gasteiger partial charge is 0.331 e. The first-order valence-corrected chi connectivity index (χ1v) is 4.22. The van der Waals surface area contributed by atoms with Crippen LogP contribution in [-0.2, 0) is 19.1 Å². The monoisotopic (exact) mass is 202 g/mol. The van der Waals surface area contributed by atoms with Crippen molar-refractivity contribution < 1.29 is 24.2 Å². The number of ether oxygens (including phenoxy) is 2. The van der Waals surface area contributed by atoms with Crippen LogP contribution in [0.2, 0.25) is 0 Å². The van der Waals surface area contributed by atoms with E-state index in [4.69, 9.17) is 9.84 Å². The molecule has 14 heavy (non-hydrogen) atoms. The first-order chi connectivity index (χ1) is 6.56. The number of esters is 2. The molecule has 0 amide bonds. The van der Waals surface area contributed by atoms with Crippen LogP contribution < -0.4 is 0 Å². The zero-order valence-corrected chi connectivity index (χ0v) is 8.23. The second-order valence-corrected chi connectivity index (χ2v) is 2.71. The molecule has 5 heteroatoms. The number of hydrogen-bond acceptors (Lipinski definition) is 5. The fraction of sp³-hybridized carbons (Fsp3) is 0.556. The summed E-state index contributed by atoms with van der Waals surface area (Å²) in [6.07, 6.45) is 1.72. The van der Waals surface area contributed by atoms with Gasteiger partial charge in [0.15, 0.2) is 0 Å². The van der Waals surface area contributed by atoms with Crippen molar-refractivity contribution in [3.05, 3.63) is 12.2 Å². The normalized spacial score (nSPS) is 10.6. The summed E-state index contributed by atoms with van der Waals surface area (Å²) in [5, 5.41) is 8.32. The molecule has 0 aliphatic carbocycles. The Hall–Kier alpha value is -1.36. The van der Waals surface area contributed by atoms with Gasteiger partial charge in [-0.1, -0.05) is 0 Å². The first-order valence-electron chi connectivity index (χ1n) is 4.22. The van der Waals surface area contributed by atoms with Crippen LogP contribution in [0.1, 0.15) is 13.8 Å². The van der Waals surface area contributed by atoms with E-state index in [9.17, 15) is 9.59 Å². The Labute approximate surface area is 82.3 Å². The molecule has 0 aliphatic rings. The van der Waals surface area contributed by atoms with Gasteiger partial charge in [0.1, 0.15) is 6.61 Å². The van der Waals surface area contributed by atoms with Crippen LogP contribution in [0.25, 0.3) is 0 Å². The SMILES string of the molecule is CC(C)OC(=O)/C=C/C(=O)OCCO. The lowest BCUT2D eigenvalue weighted by Gasteiger charge is -2.03. The number of rotatable bonds is 5. The molecule has 0 rings (SSSR count). The van der Waals surface area contributed by atoms with Crippen LogP contribution in [0.4, 0.5) is 0 Å². The lowest BCUT2D eigenvalue weighted by Crippen LogP contribution is -2.10. The summed E-state index contributed by atoms with van der Waals surface area (Å²) in [6.45, 7) is 3.09. The summed E-state index contributed by atoms with van der Waals surface area (Å²) in [4.78, 5) is 21.6. The number of carbonyl (C=O) groups excluding carboxylic acids is 2. The van der Waals surface area contributed by atoms with Crippen molar-refractivity contribution in [3.63, 3.8) is 0 Å². The molecule has 0 aliphatic heterocycles. The van der Waals surface area contributed by atoms with Crippen molar-refractivity contribution in [1.29, 1.82) is 0 Å². The molecule has 5 nitrogen and oxygen atoms in total. The van der Waals surface area contributed by atoms with Crippen molar-refractivity contribution in [2.24, 2.45) is 0 Å². The van der Waals surface area contributed by atoms with Crippen molar-refractivity contribution in [3.8, 4) is 0 Å². The minimum atomic E-state index is -0.681. The van der Waals surface area contributed by atoms with Gasteiger partial charge in [0, 0.05) is 12.2 Å². The van der Waals surface area contributed by atoms with Crippen LogP contribution in [0.3, 0.4) is 0 Å². The molecule has 0 aromatic heterocycles. The Morgan fingerprint density at radius 3 is 2.36 bits per heavy atom. The van der Waals surface area contributed by atoms with Crippen LogP contribution >= 0.6 is 0 Å². The van der Waals surface area contributed by atoms with Crippen LogP contribution in [-0.4, -0.2) is 36.4 Å². The zero-order chi connectivity index (χ0) is 11.0. The van der Waals surface area contributed by atoms with E-state index in [1.165, 1.54) is 0 Å². The molecule has 0 atom stereocenters. The maximum atomic E-state index is 10.9. The molecule has 0 saturated heterocycles. The fourth-order valence-corrected chi connectivity index (χ4v) is 0.602. The Bertz CT molecular complexity index is 219. The molecule has 0 radical (unpaired) electrons. The molecule has 0 aromatic carbocycles. The Balaban J connectivity index is 3.79. The van der Waals surface area contributed by atoms with Crippen molar-refractivity contribution in [1.82, 2.24) is 0 Å². The van der Waals surface area contributed by atoms with Crippen LogP contribution in [0.15, 0.2) is 12.2 Å². The second kappa shape index (κ2) is 7.08.